The van der Waals surface area contributed by atoms with Gasteiger partial charge < -0.3 is 10.2 Å². The zero-order valence-electron chi connectivity index (χ0n) is 13.8. The van der Waals surface area contributed by atoms with Crippen molar-refractivity contribution in [1.82, 2.24) is 19.6 Å². The van der Waals surface area contributed by atoms with Crippen molar-refractivity contribution in [2.45, 2.75) is 25.1 Å². The molecule has 1 aromatic carbocycles. The average molecular weight is 362 g/mol. The van der Waals surface area contributed by atoms with Gasteiger partial charge in [0.05, 0.1) is 0 Å². The van der Waals surface area contributed by atoms with Crippen LogP contribution in [0.15, 0.2) is 42.7 Å². The highest BCUT2D eigenvalue weighted by molar-refractivity contribution is 5.50. The van der Waals surface area contributed by atoms with Crippen LogP contribution in [0.3, 0.4) is 0 Å². The lowest BCUT2D eigenvalue weighted by molar-refractivity contribution is -0.141. The van der Waals surface area contributed by atoms with Crippen LogP contribution >= 0.6 is 0 Å². The highest BCUT2D eigenvalue weighted by Gasteiger charge is 2.35. The molecule has 1 saturated heterocycles. The van der Waals surface area contributed by atoms with Crippen LogP contribution in [-0.4, -0.2) is 38.7 Å². The van der Waals surface area contributed by atoms with Crippen molar-refractivity contribution in [3.8, 4) is 0 Å². The largest absolute Gasteiger partial charge is 0.433 e. The summed E-state index contributed by atoms with van der Waals surface area (Å²) in [5.41, 5.74) is 0.0436. The minimum absolute atomic E-state index is 0.0482. The Morgan fingerprint density at radius 2 is 1.96 bits per heavy atom. The Hall–Kier alpha value is -2.84. The molecular formula is C17H17F3N6. The summed E-state index contributed by atoms with van der Waals surface area (Å²) >= 11 is 0. The molecule has 26 heavy (non-hydrogen) atoms. The van der Waals surface area contributed by atoms with Crippen molar-refractivity contribution >= 4 is 17.3 Å². The van der Waals surface area contributed by atoms with Crippen molar-refractivity contribution in [2.75, 3.05) is 23.3 Å². The van der Waals surface area contributed by atoms with Gasteiger partial charge in [0.1, 0.15) is 12.1 Å². The fraction of sp³-hybridized carbons (Fsp3) is 0.353. The van der Waals surface area contributed by atoms with Gasteiger partial charge in [-0.25, -0.2) is 4.98 Å². The van der Waals surface area contributed by atoms with Crippen molar-refractivity contribution in [3.05, 3.63) is 48.4 Å². The van der Waals surface area contributed by atoms with E-state index in [1.807, 2.05) is 35.2 Å². The standard InChI is InChI=1S/C17H17F3N6/c18-17(19,20)14-9-15(26-16(24-14)21-11-22-26)25-8-4-7-13(10-25)23-12-5-2-1-3-6-12/h1-3,5-6,9,11,13,23H,4,7-8,10H2. The van der Waals surface area contributed by atoms with Crippen LogP contribution < -0.4 is 10.2 Å². The number of para-hydroxylation sites is 1. The number of rotatable bonds is 3. The van der Waals surface area contributed by atoms with E-state index in [-0.39, 0.29) is 11.8 Å². The molecule has 136 valence electrons. The van der Waals surface area contributed by atoms with Gasteiger partial charge in [0.2, 0.25) is 0 Å². The molecule has 0 amide bonds. The minimum atomic E-state index is -4.53. The van der Waals surface area contributed by atoms with Crippen LogP contribution in [-0.2, 0) is 6.18 Å². The molecule has 1 atom stereocenters. The van der Waals surface area contributed by atoms with E-state index in [4.69, 9.17) is 0 Å². The second kappa shape index (κ2) is 6.47. The molecule has 1 N–H and O–H groups in total. The first-order valence-electron chi connectivity index (χ1n) is 8.35. The second-order valence-corrected chi connectivity index (χ2v) is 6.26. The third-order valence-electron chi connectivity index (χ3n) is 4.41. The van der Waals surface area contributed by atoms with Gasteiger partial charge in [-0.2, -0.15) is 27.8 Å². The number of hydrogen-bond donors (Lipinski definition) is 1. The van der Waals surface area contributed by atoms with Gasteiger partial charge in [-0.05, 0) is 25.0 Å². The number of benzene rings is 1. The fourth-order valence-electron chi connectivity index (χ4n) is 3.24. The van der Waals surface area contributed by atoms with Gasteiger partial charge >= 0.3 is 6.18 Å². The van der Waals surface area contributed by atoms with Gasteiger partial charge in [0.15, 0.2) is 5.69 Å². The smallest absolute Gasteiger partial charge is 0.381 e. The van der Waals surface area contributed by atoms with E-state index < -0.39 is 11.9 Å². The molecule has 0 bridgehead atoms. The van der Waals surface area contributed by atoms with Crippen molar-refractivity contribution in [3.63, 3.8) is 0 Å². The van der Waals surface area contributed by atoms with E-state index in [0.29, 0.717) is 18.9 Å². The summed E-state index contributed by atoms with van der Waals surface area (Å²) < 4.78 is 40.9. The molecule has 0 spiro atoms. The Morgan fingerprint density at radius 3 is 2.73 bits per heavy atom. The molecular weight excluding hydrogens is 345 g/mol. The lowest BCUT2D eigenvalue weighted by Gasteiger charge is -2.35. The number of piperidine rings is 1. The van der Waals surface area contributed by atoms with Gasteiger partial charge in [-0.15, -0.1) is 0 Å². The summed E-state index contributed by atoms with van der Waals surface area (Å²) in [6.45, 7) is 1.23. The fourth-order valence-corrected chi connectivity index (χ4v) is 3.24. The van der Waals surface area contributed by atoms with Crippen LogP contribution in [0.4, 0.5) is 24.7 Å². The van der Waals surface area contributed by atoms with E-state index in [2.05, 4.69) is 20.4 Å². The number of fused-ring (bicyclic) bond motifs is 1. The van der Waals surface area contributed by atoms with E-state index in [9.17, 15) is 13.2 Å². The SMILES string of the molecule is FC(F)(F)c1cc(N2CCCC(Nc3ccccc3)C2)n2ncnc2n1. The summed E-state index contributed by atoms with van der Waals surface area (Å²) in [6, 6.07) is 11.0. The maximum atomic E-state index is 13.2. The van der Waals surface area contributed by atoms with E-state index in [1.165, 1.54) is 10.8 Å². The predicted molar refractivity (Wildman–Crippen MR) is 91.1 cm³/mol. The maximum absolute atomic E-state index is 13.2. The molecule has 1 unspecified atom stereocenters. The van der Waals surface area contributed by atoms with E-state index in [0.717, 1.165) is 24.6 Å². The topological polar surface area (TPSA) is 58.4 Å². The first kappa shape index (κ1) is 16.6. The molecule has 9 heteroatoms. The molecule has 3 aromatic rings. The minimum Gasteiger partial charge on any atom is -0.381 e. The molecule has 0 radical (unpaired) electrons. The summed E-state index contributed by atoms with van der Waals surface area (Å²) in [5, 5.41) is 7.48. The van der Waals surface area contributed by atoms with Crippen molar-refractivity contribution in [2.24, 2.45) is 0 Å². The van der Waals surface area contributed by atoms with Gasteiger partial charge in [-0.3, -0.25) is 0 Å². The number of halogens is 3. The third-order valence-corrected chi connectivity index (χ3v) is 4.41. The first-order valence-corrected chi connectivity index (χ1v) is 8.35. The molecule has 6 nitrogen and oxygen atoms in total. The van der Waals surface area contributed by atoms with Crippen molar-refractivity contribution in [1.29, 1.82) is 0 Å². The van der Waals surface area contributed by atoms with Gasteiger partial charge in [0, 0.05) is 30.9 Å². The second-order valence-electron chi connectivity index (χ2n) is 6.26. The number of hydrogen-bond acceptors (Lipinski definition) is 5. The molecule has 3 heterocycles. The molecule has 1 fully saturated rings. The summed E-state index contributed by atoms with van der Waals surface area (Å²) in [4.78, 5) is 9.31. The predicted octanol–water partition coefficient (Wildman–Crippen LogP) is 3.22. The number of nitrogens with one attached hydrogen (secondary N) is 1. The Morgan fingerprint density at radius 1 is 1.15 bits per heavy atom. The monoisotopic (exact) mass is 362 g/mol. The zero-order valence-corrected chi connectivity index (χ0v) is 13.8. The molecule has 1 aliphatic rings. The van der Waals surface area contributed by atoms with Crippen LogP contribution in [0.2, 0.25) is 0 Å². The van der Waals surface area contributed by atoms with Crippen molar-refractivity contribution < 1.29 is 13.2 Å². The van der Waals surface area contributed by atoms with Crippen LogP contribution in [0.25, 0.3) is 5.78 Å². The Bertz CT molecular complexity index is 892. The number of alkyl halides is 3. The summed E-state index contributed by atoms with van der Waals surface area (Å²) in [6.07, 6.45) is -1.50. The van der Waals surface area contributed by atoms with Crippen LogP contribution in [0.1, 0.15) is 18.5 Å². The first-order chi connectivity index (χ1) is 12.5. The Labute approximate surface area is 147 Å². The Balaban J connectivity index is 1.63. The summed E-state index contributed by atoms with van der Waals surface area (Å²) in [7, 11) is 0. The van der Waals surface area contributed by atoms with Crippen LogP contribution in [0.5, 0.6) is 0 Å². The zero-order chi connectivity index (χ0) is 18.1. The number of aromatic nitrogens is 4. The van der Waals surface area contributed by atoms with Crippen LogP contribution in [0, 0.1) is 0 Å². The molecule has 2 aromatic heterocycles. The third kappa shape index (κ3) is 3.29. The van der Waals surface area contributed by atoms with E-state index in [1.54, 1.807) is 0 Å². The molecule has 0 saturated carbocycles. The Kier molecular flexibility index (Phi) is 4.14. The molecule has 1 aliphatic heterocycles. The van der Waals surface area contributed by atoms with Gasteiger partial charge in [-0.1, -0.05) is 18.2 Å². The average Bonchev–Trinajstić information content (AvgIpc) is 3.10. The number of nitrogens with zero attached hydrogens (tertiary/aromatic N) is 5. The number of anilines is 2. The lowest BCUT2D eigenvalue weighted by Crippen LogP contribution is -2.43. The summed E-state index contributed by atoms with van der Waals surface area (Å²) in [5.74, 6) is 0.312. The normalized spacial score (nSPS) is 18.3. The quantitative estimate of drug-likeness (QED) is 0.775. The lowest BCUT2D eigenvalue weighted by atomic mass is 10.1. The molecule has 0 aliphatic carbocycles. The highest BCUT2D eigenvalue weighted by atomic mass is 19.4. The highest BCUT2D eigenvalue weighted by Crippen LogP contribution is 2.31. The molecule has 4 rings (SSSR count). The maximum Gasteiger partial charge on any atom is 0.433 e. The van der Waals surface area contributed by atoms with Gasteiger partial charge in [0.25, 0.3) is 5.78 Å². The van der Waals surface area contributed by atoms with E-state index >= 15 is 0 Å².